The Kier molecular flexibility index (Phi) is 11.2. The van der Waals surface area contributed by atoms with Crippen LogP contribution in [0.15, 0.2) is 23.8 Å². The molecule has 0 aromatic carbocycles. The molecule has 1 rings (SSSR count). The van der Waals surface area contributed by atoms with Crippen molar-refractivity contribution in [2.45, 2.75) is 71.7 Å². The molecule has 0 saturated carbocycles. The Bertz CT molecular complexity index is 584. The van der Waals surface area contributed by atoms with Crippen molar-refractivity contribution in [3.8, 4) is 0 Å². The maximum absolute atomic E-state index is 11.4. The minimum atomic E-state index is -0.678. The minimum absolute atomic E-state index is 0.0721. The van der Waals surface area contributed by atoms with Gasteiger partial charge < -0.3 is 29.2 Å². The second-order valence-corrected chi connectivity index (χ2v) is 8.42. The van der Waals surface area contributed by atoms with Crippen molar-refractivity contribution < 1.29 is 34.0 Å². The summed E-state index contributed by atoms with van der Waals surface area (Å²) in [7, 11) is 4.50. The molecule has 1 aliphatic rings. The summed E-state index contributed by atoms with van der Waals surface area (Å²) in [4.78, 5) is 11.4. The lowest BCUT2D eigenvalue weighted by Crippen LogP contribution is -2.54. The van der Waals surface area contributed by atoms with E-state index in [9.17, 15) is 15.0 Å². The first-order chi connectivity index (χ1) is 14.1. The third kappa shape index (κ3) is 6.89. The fourth-order valence-electron chi connectivity index (χ4n) is 4.09. The average molecular weight is 429 g/mol. The lowest BCUT2D eigenvalue weighted by molar-refractivity contribution is -0.215. The van der Waals surface area contributed by atoms with Crippen LogP contribution >= 0.6 is 0 Å². The molecule has 1 aliphatic heterocycles. The van der Waals surface area contributed by atoms with Crippen molar-refractivity contribution in [2.24, 2.45) is 23.7 Å². The van der Waals surface area contributed by atoms with Crippen molar-refractivity contribution in [3.05, 3.63) is 23.8 Å². The summed E-state index contributed by atoms with van der Waals surface area (Å²) in [6, 6.07) is 0. The SMILES string of the molecule is COC(=O)/C(C)=C/C=C/[C@H](C)[C@@H](O)[C@H](C)[C@H]1O[C@@H](CC(OC)OC)[C@@H](C)[C@@H](O)[C@H]1C. The van der Waals surface area contributed by atoms with E-state index in [1.807, 2.05) is 33.8 Å². The van der Waals surface area contributed by atoms with Crippen LogP contribution in [0.2, 0.25) is 0 Å². The summed E-state index contributed by atoms with van der Waals surface area (Å²) in [5.41, 5.74) is 0.485. The number of ether oxygens (including phenoxy) is 4. The van der Waals surface area contributed by atoms with Crippen LogP contribution in [0.4, 0.5) is 0 Å². The highest BCUT2D eigenvalue weighted by molar-refractivity contribution is 5.87. The average Bonchev–Trinajstić information content (AvgIpc) is 2.75. The van der Waals surface area contributed by atoms with Gasteiger partial charge in [0.1, 0.15) is 0 Å². The van der Waals surface area contributed by atoms with Gasteiger partial charge in [-0.25, -0.2) is 4.79 Å². The molecule has 0 bridgehead atoms. The quantitative estimate of drug-likeness (QED) is 0.239. The number of aliphatic hydroxyl groups excluding tert-OH is 2. The Labute approximate surface area is 181 Å². The first-order valence-corrected chi connectivity index (χ1v) is 10.6. The van der Waals surface area contributed by atoms with E-state index in [0.717, 1.165) is 0 Å². The Hall–Kier alpha value is -1.25. The normalized spacial score (nSPS) is 31.0. The summed E-state index contributed by atoms with van der Waals surface area (Å²) in [6.45, 7) is 9.45. The van der Waals surface area contributed by atoms with Crippen molar-refractivity contribution in [2.75, 3.05) is 21.3 Å². The van der Waals surface area contributed by atoms with Crippen LogP contribution in [-0.2, 0) is 23.7 Å². The first-order valence-electron chi connectivity index (χ1n) is 10.6. The lowest BCUT2D eigenvalue weighted by atomic mass is 9.75. The van der Waals surface area contributed by atoms with Gasteiger partial charge in [-0.15, -0.1) is 0 Å². The number of allylic oxidation sites excluding steroid dienone is 2. The third-order valence-electron chi connectivity index (χ3n) is 6.33. The zero-order valence-corrected chi connectivity index (χ0v) is 19.6. The van der Waals surface area contributed by atoms with E-state index in [1.54, 1.807) is 33.3 Å². The Morgan fingerprint density at radius 3 is 2.27 bits per heavy atom. The van der Waals surface area contributed by atoms with Gasteiger partial charge in [0.25, 0.3) is 0 Å². The molecule has 0 spiro atoms. The molecule has 174 valence electrons. The zero-order valence-electron chi connectivity index (χ0n) is 19.6. The molecule has 0 aromatic heterocycles. The predicted octanol–water partition coefficient (Wildman–Crippen LogP) is 2.70. The molecule has 0 amide bonds. The van der Waals surface area contributed by atoms with Gasteiger partial charge in [0, 0.05) is 49.9 Å². The fraction of sp³-hybridized carbons (Fsp3) is 0.783. The highest BCUT2D eigenvalue weighted by Crippen LogP contribution is 2.37. The second-order valence-electron chi connectivity index (χ2n) is 8.42. The van der Waals surface area contributed by atoms with Crippen LogP contribution in [0.5, 0.6) is 0 Å². The van der Waals surface area contributed by atoms with Crippen LogP contribution in [0.3, 0.4) is 0 Å². The maximum atomic E-state index is 11.4. The number of methoxy groups -OCH3 is 3. The van der Waals surface area contributed by atoms with Gasteiger partial charge in [0.05, 0.1) is 31.5 Å². The molecule has 2 N–H and O–H groups in total. The number of hydrogen-bond donors (Lipinski definition) is 2. The molecule has 8 atom stereocenters. The minimum Gasteiger partial charge on any atom is -0.466 e. The van der Waals surface area contributed by atoms with Gasteiger partial charge in [-0.1, -0.05) is 45.9 Å². The van der Waals surface area contributed by atoms with Crippen molar-refractivity contribution in [3.63, 3.8) is 0 Å². The molecule has 30 heavy (non-hydrogen) atoms. The Morgan fingerprint density at radius 2 is 1.73 bits per heavy atom. The van der Waals surface area contributed by atoms with E-state index in [4.69, 9.17) is 14.2 Å². The van der Waals surface area contributed by atoms with E-state index in [-0.39, 0.29) is 41.8 Å². The maximum Gasteiger partial charge on any atom is 0.333 e. The monoisotopic (exact) mass is 428 g/mol. The number of hydrogen-bond acceptors (Lipinski definition) is 7. The van der Waals surface area contributed by atoms with Crippen molar-refractivity contribution in [1.29, 1.82) is 0 Å². The highest BCUT2D eigenvalue weighted by Gasteiger charge is 2.45. The number of esters is 1. The van der Waals surface area contributed by atoms with E-state index in [0.29, 0.717) is 12.0 Å². The summed E-state index contributed by atoms with van der Waals surface area (Å²) >= 11 is 0. The van der Waals surface area contributed by atoms with Gasteiger partial charge in [-0.2, -0.15) is 0 Å². The number of rotatable bonds is 10. The van der Waals surface area contributed by atoms with Gasteiger partial charge in [-0.05, 0) is 6.92 Å². The molecule has 1 fully saturated rings. The second kappa shape index (κ2) is 12.6. The van der Waals surface area contributed by atoms with Crippen LogP contribution in [0, 0.1) is 23.7 Å². The molecule has 0 unspecified atom stereocenters. The Balaban J connectivity index is 2.87. The van der Waals surface area contributed by atoms with Crippen LogP contribution in [0.25, 0.3) is 0 Å². The molecule has 7 heteroatoms. The van der Waals surface area contributed by atoms with Crippen LogP contribution < -0.4 is 0 Å². The van der Waals surface area contributed by atoms with Gasteiger partial charge in [0.2, 0.25) is 0 Å². The molecule has 7 nitrogen and oxygen atoms in total. The molecule has 0 aromatic rings. The number of aliphatic hydroxyl groups is 2. The standard InChI is InChI=1S/C23H40O7/c1-13(10-9-11-14(2)23(26)29-8)20(24)16(4)22-17(5)21(25)15(3)18(30-22)12-19(27-6)28-7/h9-11,13,15-22,24-25H,12H2,1-8H3/b10-9+,14-11+/t13-,15+,16-,17+,18-,20+,21+,22+/m0/s1. The van der Waals surface area contributed by atoms with E-state index >= 15 is 0 Å². The molecule has 1 saturated heterocycles. The van der Waals surface area contributed by atoms with Gasteiger partial charge in [0.15, 0.2) is 6.29 Å². The van der Waals surface area contributed by atoms with E-state index in [2.05, 4.69) is 4.74 Å². The smallest absolute Gasteiger partial charge is 0.333 e. The summed E-state index contributed by atoms with van der Waals surface area (Å²) in [6.07, 6.45) is 3.58. The fourth-order valence-corrected chi connectivity index (χ4v) is 4.09. The van der Waals surface area contributed by atoms with E-state index < -0.39 is 18.5 Å². The molecule has 0 aliphatic carbocycles. The molecule has 1 heterocycles. The largest absolute Gasteiger partial charge is 0.466 e. The summed E-state index contributed by atoms with van der Waals surface area (Å²) in [5, 5.41) is 21.7. The molecular weight excluding hydrogens is 388 g/mol. The first kappa shape index (κ1) is 26.8. The van der Waals surface area contributed by atoms with Crippen molar-refractivity contribution in [1.82, 2.24) is 0 Å². The topological polar surface area (TPSA) is 94.5 Å². The van der Waals surface area contributed by atoms with Gasteiger partial charge >= 0.3 is 5.97 Å². The zero-order chi connectivity index (χ0) is 23.0. The molecular formula is C23H40O7. The van der Waals surface area contributed by atoms with Crippen LogP contribution in [-0.4, -0.2) is 68.2 Å². The number of carbonyl (C=O) groups excluding carboxylic acids is 1. The van der Waals surface area contributed by atoms with Crippen LogP contribution in [0.1, 0.15) is 41.0 Å². The number of carbonyl (C=O) groups is 1. The van der Waals surface area contributed by atoms with Gasteiger partial charge in [-0.3, -0.25) is 0 Å². The highest BCUT2D eigenvalue weighted by atomic mass is 16.7. The third-order valence-corrected chi connectivity index (χ3v) is 6.33. The lowest BCUT2D eigenvalue weighted by Gasteiger charge is -2.46. The summed E-state index contributed by atoms with van der Waals surface area (Å²) < 4.78 is 21.6. The van der Waals surface area contributed by atoms with E-state index in [1.165, 1.54) is 7.11 Å². The predicted molar refractivity (Wildman–Crippen MR) is 115 cm³/mol. The summed E-state index contributed by atoms with van der Waals surface area (Å²) in [5.74, 6) is -0.957. The molecule has 0 radical (unpaired) electrons. The van der Waals surface area contributed by atoms with Crippen molar-refractivity contribution >= 4 is 5.97 Å². The Morgan fingerprint density at radius 1 is 1.13 bits per heavy atom.